The second-order valence-electron chi connectivity index (χ2n) is 8.36. The quantitative estimate of drug-likeness (QED) is 0.560. The second kappa shape index (κ2) is 10.2. The number of aromatic nitrogens is 1. The average Bonchev–Trinajstić information content (AvgIpc) is 3.06. The van der Waals surface area contributed by atoms with Gasteiger partial charge in [-0.15, -0.1) is 4.40 Å². The molecule has 0 radical (unpaired) electrons. The first kappa shape index (κ1) is 23.7. The molecule has 2 heterocycles. The summed E-state index contributed by atoms with van der Waals surface area (Å²) in [6.07, 6.45) is 3.64. The summed E-state index contributed by atoms with van der Waals surface area (Å²) in [6.45, 7) is 2.55. The van der Waals surface area contributed by atoms with Gasteiger partial charge in [0.1, 0.15) is 11.6 Å². The number of anilines is 1. The Morgan fingerprint density at radius 3 is 2.71 bits per heavy atom. The van der Waals surface area contributed by atoms with Crippen LogP contribution in [0.25, 0.3) is 11.5 Å². The van der Waals surface area contributed by atoms with E-state index in [1.807, 2.05) is 42.3 Å². The molecule has 0 bridgehead atoms. The van der Waals surface area contributed by atoms with Gasteiger partial charge in [0.15, 0.2) is 0 Å². The van der Waals surface area contributed by atoms with E-state index in [2.05, 4.69) is 14.7 Å². The lowest BCUT2D eigenvalue weighted by Gasteiger charge is -2.17. The van der Waals surface area contributed by atoms with Crippen molar-refractivity contribution in [2.24, 2.45) is 4.40 Å². The summed E-state index contributed by atoms with van der Waals surface area (Å²) in [5.74, 6) is 1.27. The second-order valence-corrected chi connectivity index (χ2v) is 9.96. The summed E-state index contributed by atoms with van der Waals surface area (Å²) in [6, 6.07) is 15.6. The molecule has 0 unspecified atom stereocenters. The number of benzene rings is 2. The van der Waals surface area contributed by atoms with E-state index >= 15 is 0 Å². The molecule has 1 fully saturated rings. The van der Waals surface area contributed by atoms with Gasteiger partial charge in [-0.2, -0.15) is 8.42 Å². The zero-order chi connectivity index (χ0) is 24.1. The maximum atomic E-state index is 12.9. The minimum atomic E-state index is -3.89. The van der Waals surface area contributed by atoms with Crippen LogP contribution in [0.5, 0.6) is 0 Å². The minimum absolute atomic E-state index is 0.00619. The van der Waals surface area contributed by atoms with Gasteiger partial charge in [0.2, 0.25) is 11.8 Å². The molecule has 1 aromatic heterocycles. The van der Waals surface area contributed by atoms with Crippen LogP contribution in [0.3, 0.4) is 0 Å². The monoisotopic (exact) mass is 480 g/mol. The average molecular weight is 481 g/mol. The van der Waals surface area contributed by atoms with Crippen LogP contribution in [-0.4, -0.2) is 43.6 Å². The Labute approximate surface area is 199 Å². The van der Waals surface area contributed by atoms with Crippen molar-refractivity contribution in [3.63, 3.8) is 0 Å². The van der Waals surface area contributed by atoms with Crippen molar-refractivity contribution in [3.8, 4) is 11.5 Å². The van der Waals surface area contributed by atoms with Gasteiger partial charge in [0, 0.05) is 31.3 Å². The molecule has 1 aliphatic rings. The molecular weight excluding hydrogens is 452 g/mol. The van der Waals surface area contributed by atoms with E-state index in [4.69, 9.17) is 4.42 Å². The van der Waals surface area contributed by atoms with Crippen LogP contribution in [0.2, 0.25) is 0 Å². The Kier molecular flexibility index (Phi) is 7.12. The molecule has 34 heavy (non-hydrogen) atoms. The maximum absolute atomic E-state index is 12.9. The third-order valence-corrected chi connectivity index (χ3v) is 7.02. The highest BCUT2D eigenvalue weighted by Crippen LogP contribution is 2.23. The van der Waals surface area contributed by atoms with Gasteiger partial charge in [-0.3, -0.25) is 4.79 Å². The number of aryl methyl sites for hydroxylation is 1. The van der Waals surface area contributed by atoms with Gasteiger partial charge in [0.25, 0.3) is 10.0 Å². The van der Waals surface area contributed by atoms with E-state index < -0.39 is 10.0 Å². The molecule has 4 rings (SSSR count). The number of oxazole rings is 1. The van der Waals surface area contributed by atoms with Gasteiger partial charge in [-0.25, -0.2) is 4.98 Å². The number of carbonyl (C=O) groups excluding carboxylic acids is 1. The van der Waals surface area contributed by atoms with Crippen LogP contribution in [0, 0.1) is 6.92 Å². The standard InChI is InChI=1S/C25H28N4O4S/c1-18-22(27-25(33-18)19-10-5-3-6-11-19)17-24(30)26-20-12-9-13-21(16-20)34(31,32)28-23-14-7-4-8-15-29(23)2/h3,5-6,9-13,16H,4,7-8,14-15,17H2,1-2H3,(H,26,30)/b28-23+. The fourth-order valence-electron chi connectivity index (χ4n) is 3.82. The van der Waals surface area contributed by atoms with E-state index in [9.17, 15) is 13.2 Å². The first-order chi connectivity index (χ1) is 16.3. The Bertz CT molecular complexity index is 1300. The summed E-state index contributed by atoms with van der Waals surface area (Å²) >= 11 is 0. The number of carbonyl (C=O) groups is 1. The maximum Gasteiger partial charge on any atom is 0.284 e. The first-order valence-corrected chi connectivity index (χ1v) is 12.7. The van der Waals surface area contributed by atoms with Gasteiger partial charge in [-0.05, 0) is 50.1 Å². The molecule has 1 aliphatic heterocycles. The molecule has 2 aromatic carbocycles. The molecule has 9 heteroatoms. The van der Waals surface area contributed by atoms with Gasteiger partial charge in [0.05, 0.1) is 17.0 Å². The molecule has 8 nitrogen and oxygen atoms in total. The largest absolute Gasteiger partial charge is 0.441 e. The molecule has 0 saturated carbocycles. The Morgan fingerprint density at radius 2 is 1.91 bits per heavy atom. The molecule has 0 aliphatic carbocycles. The van der Waals surface area contributed by atoms with E-state index in [1.165, 1.54) is 12.1 Å². The van der Waals surface area contributed by atoms with Crippen molar-refractivity contribution in [3.05, 3.63) is 66.1 Å². The number of nitrogens with one attached hydrogen (secondary N) is 1. The first-order valence-electron chi connectivity index (χ1n) is 11.3. The van der Waals surface area contributed by atoms with Gasteiger partial charge < -0.3 is 14.6 Å². The lowest BCUT2D eigenvalue weighted by atomic mass is 10.2. The Morgan fingerprint density at radius 1 is 1.12 bits per heavy atom. The number of rotatable bonds is 6. The highest BCUT2D eigenvalue weighted by molar-refractivity contribution is 7.90. The van der Waals surface area contributed by atoms with Crippen molar-refractivity contribution >= 4 is 27.5 Å². The number of amides is 1. The highest BCUT2D eigenvalue weighted by atomic mass is 32.2. The number of hydrogen-bond donors (Lipinski definition) is 1. The number of hydrogen-bond acceptors (Lipinski definition) is 5. The number of sulfonamides is 1. The Hall–Kier alpha value is -3.46. The minimum Gasteiger partial charge on any atom is -0.441 e. The SMILES string of the molecule is Cc1oc(-c2ccccc2)nc1CC(=O)Nc1cccc(S(=O)(=O)/N=C2\CCCCCN2C)c1. The van der Waals surface area contributed by atoms with Gasteiger partial charge >= 0.3 is 0 Å². The number of nitrogens with zero attached hydrogens (tertiary/aromatic N) is 3. The smallest absolute Gasteiger partial charge is 0.284 e. The fourth-order valence-corrected chi connectivity index (χ4v) is 4.96. The predicted octanol–water partition coefficient (Wildman–Crippen LogP) is 4.42. The lowest BCUT2D eigenvalue weighted by molar-refractivity contribution is -0.115. The summed E-state index contributed by atoms with van der Waals surface area (Å²) in [5, 5.41) is 2.76. The number of amidine groups is 1. The van der Waals surface area contributed by atoms with Crippen LogP contribution in [0.15, 0.2) is 68.3 Å². The summed E-state index contributed by atoms with van der Waals surface area (Å²) in [5.41, 5.74) is 1.74. The van der Waals surface area contributed by atoms with Crippen LogP contribution in [0.1, 0.15) is 37.1 Å². The van der Waals surface area contributed by atoms with Crippen LogP contribution < -0.4 is 5.32 Å². The lowest BCUT2D eigenvalue weighted by Crippen LogP contribution is -2.26. The Balaban J connectivity index is 1.47. The number of likely N-dealkylation sites (tertiary alicyclic amines) is 1. The van der Waals surface area contributed by atoms with Crippen molar-refractivity contribution in [1.82, 2.24) is 9.88 Å². The highest BCUT2D eigenvalue weighted by Gasteiger charge is 2.20. The fraction of sp³-hybridized carbons (Fsp3) is 0.320. The van der Waals surface area contributed by atoms with E-state index in [1.54, 1.807) is 19.1 Å². The zero-order valence-corrected chi connectivity index (χ0v) is 20.1. The normalized spacial score (nSPS) is 15.8. The van der Waals surface area contributed by atoms with Gasteiger partial charge in [-0.1, -0.05) is 30.7 Å². The van der Waals surface area contributed by atoms with Crippen molar-refractivity contribution in [2.75, 3.05) is 18.9 Å². The molecule has 0 spiro atoms. The molecule has 178 valence electrons. The van der Waals surface area contributed by atoms with Crippen LogP contribution >= 0.6 is 0 Å². The topological polar surface area (TPSA) is 105 Å². The molecule has 1 amide bonds. The molecule has 0 atom stereocenters. The zero-order valence-electron chi connectivity index (χ0n) is 19.3. The third-order valence-electron chi connectivity index (χ3n) is 5.72. The summed E-state index contributed by atoms with van der Waals surface area (Å²) in [7, 11) is -2.03. The summed E-state index contributed by atoms with van der Waals surface area (Å²) < 4.78 is 35.6. The van der Waals surface area contributed by atoms with Crippen molar-refractivity contribution < 1.29 is 17.6 Å². The summed E-state index contributed by atoms with van der Waals surface area (Å²) in [4.78, 5) is 19.1. The molecule has 1 N–H and O–H groups in total. The molecule has 1 saturated heterocycles. The van der Waals surface area contributed by atoms with E-state index in [-0.39, 0.29) is 17.2 Å². The van der Waals surface area contributed by atoms with Crippen LogP contribution in [-0.2, 0) is 21.2 Å². The molecule has 3 aromatic rings. The van der Waals surface area contributed by atoms with Crippen molar-refractivity contribution in [1.29, 1.82) is 0 Å². The predicted molar refractivity (Wildman–Crippen MR) is 131 cm³/mol. The van der Waals surface area contributed by atoms with E-state index in [0.717, 1.165) is 31.4 Å². The molecular formula is C25H28N4O4S. The van der Waals surface area contributed by atoms with Crippen molar-refractivity contribution in [2.45, 2.75) is 43.9 Å². The van der Waals surface area contributed by atoms with Crippen LogP contribution in [0.4, 0.5) is 5.69 Å². The van der Waals surface area contributed by atoms with E-state index in [0.29, 0.717) is 35.3 Å². The third kappa shape index (κ3) is 5.72.